The number of hydrogen-bond acceptors (Lipinski definition) is 2. The van der Waals surface area contributed by atoms with Gasteiger partial charge in [-0.1, -0.05) is 12.1 Å². The summed E-state index contributed by atoms with van der Waals surface area (Å²) in [5, 5.41) is 0. The lowest BCUT2D eigenvalue weighted by Crippen LogP contribution is -2.23. The maximum atomic E-state index is 12.0. The van der Waals surface area contributed by atoms with E-state index in [1.54, 1.807) is 0 Å². The van der Waals surface area contributed by atoms with Gasteiger partial charge in [0.25, 0.3) is 5.78 Å². The Kier molecular flexibility index (Phi) is 3.35. The van der Waals surface area contributed by atoms with Crippen molar-refractivity contribution in [3.05, 3.63) is 29.8 Å². The predicted molar refractivity (Wildman–Crippen MR) is 43.5 cm³/mol. The first-order valence-electron chi connectivity index (χ1n) is 4.07. The monoisotopic (exact) mass is 258 g/mol. The van der Waals surface area contributed by atoms with Gasteiger partial charge in [-0.25, -0.2) is 0 Å². The zero-order valence-corrected chi connectivity index (χ0v) is 7.89. The number of Topliss-reactive ketones (excluding diaryl/α,β-unsaturated/α-hetero) is 1. The molecule has 1 aromatic carbocycles. The zero-order valence-electron chi connectivity index (χ0n) is 7.89. The molecule has 0 aliphatic carbocycles. The number of carbonyl (C=O) groups excluding carboxylic acids is 1. The molecule has 2 nitrogen and oxygen atoms in total. The molecule has 0 aliphatic heterocycles. The molecule has 0 saturated carbocycles. The fourth-order valence-corrected chi connectivity index (χ4v) is 0.998. The summed E-state index contributed by atoms with van der Waals surface area (Å²) < 4.78 is 74.7. The van der Waals surface area contributed by atoms with Gasteiger partial charge in [0, 0.05) is 5.56 Å². The van der Waals surface area contributed by atoms with Crippen molar-refractivity contribution in [2.24, 2.45) is 0 Å². The Balaban J connectivity index is 2.98. The molecule has 0 heterocycles. The van der Waals surface area contributed by atoms with Crippen LogP contribution < -0.4 is 4.74 Å². The maximum Gasteiger partial charge on any atom is 0.573 e. The van der Waals surface area contributed by atoms with Gasteiger partial charge in [-0.3, -0.25) is 4.79 Å². The number of rotatable bonds is 2. The molecule has 1 rings (SSSR count). The van der Waals surface area contributed by atoms with Gasteiger partial charge in [0.15, 0.2) is 0 Å². The van der Waals surface area contributed by atoms with Crippen LogP contribution in [0, 0.1) is 0 Å². The summed E-state index contributed by atoms with van der Waals surface area (Å²) >= 11 is 0. The second-order valence-electron chi connectivity index (χ2n) is 2.90. The molecule has 0 spiro atoms. The number of halogens is 6. The minimum absolute atomic E-state index is 0.378. The van der Waals surface area contributed by atoms with Gasteiger partial charge < -0.3 is 4.74 Å². The molecule has 0 bridgehead atoms. The Morgan fingerprint density at radius 2 is 1.65 bits per heavy atom. The van der Waals surface area contributed by atoms with Crippen LogP contribution >= 0.6 is 0 Å². The molecule has 17 heavy (non-hydrogen) atoms. The van der Waals surface area contributed by atoms with E-state index < -0.39 is 29.6 Å². The van der Waals surface area contributed by atoms with Crippen LogP contribution in [0.1, 0.15) is 10.4 Å². The van der Waals surface area contributed by atoms with Crippen molar-refractivity contribution in [3.63, 3.8) is 0 Å². The Labute approximate surface area is 90.8 Å². The Hall–Kier alpha value is -1.73. The third kappa shape index (κ3) is 3.97. The summed E-state index contributed by atoms with van der Waals surface area (Å²) in [6.45, 7) is 0. The Morgan fingerprint density at radius 1 is 1.06 bits per heavy atom. The lowest BCUT2D eigenvalue weighted by atomic mass is 10.1. The topological polar surface area (TPSA) is 26.3 Å². The highest BCUT2D eigenvalue weighted by molar-refractivity contribution is 6.00. The van der Waals surface area contributed by atoms with Crippen molar-refractivity contribution in [2.45, 2.75) is 12.5 Å². The van der Waals surface area contributed by atoms with Crippen LogP contribution in [0.2, 0.25) is 0 Å². The molecule has 0 aliphatic rings. The number of ether oxygens (including phenoxy) is 1. The highest BCUT2D eigenvalue weighted by Crippen LogP contribution is 2.26. The van der Waals surface area contributed by atoms with Crippen LogP contribution in [0.15, 0.2) is 24.3 Å². The van der Waals surface area contributed by atoms with E-state index in [0.29, 0.717) is 6.07 Å². The SMILES string of the molecule is O=C(c1cccc(OC(F)(F)F)c1)C(F)(F)F. The van der Waals surface area contributed by atoms with Crippen molar-refractivity contribution < 1.29 is 35.9 Å². The number of carbonyl (C=O) groups is 1. The first-order valence-corrected chi connectivity index (χ1v) is 4.07. The van der Waals surface area contributed by atoms with Gasteiger partial charge in [0.2, 0.25) is 0 Å². The average molecular weight is 258 g/mol. The highest BCUT2D eigenvalue weighted by Gasteiger charge is 2.39. The van der Waals surface area contributed by atoms with E-state index in [9.17, 15) is 31.1 Å². The van der Waals surface area contributed by atoms with Gasteiger partial charge in [0.05, 0.1) is 0 Å². The normalized spacial score (nSPS) is 12.4. The van der Waals surface area contributed by atoms with E-state index in [1.165, 1.54) is 0 Å². The van der Waals surface area contributed by atoms with E-state index in [0.717, 1.165) is 18.2 Å². The van der Waals surface area contributed by atoms with Crippen molar-refractivity contribution in [1.29, 1.82) is 0 Å². The first-order chi connectivity index (χ1) is 7.59. The average Bonchev–Trinajstić information content (AvgIpc) is 2.12. The Bertz CT molecular complexity index is 420. The molecule has 8 heteroatoms. The fourth-order valence-electron chi connectivity index (χ4n) is 0.998. The highest BCUT2D eigenvalue weighted by atomic mass is 19.4. The number of ketones is 1. The van der Waals surface area contributed by atoms with Gasteiger partial charge in [-0.05, 0) is 12.1 Å². The quantitative estimate of drug-likeness (QED) is 0.600. The van der Waals surface area contributed by atoms with Crippen LogP contribution in [-0.4, -0.2) is 18.3 Å². The maximum absolute atomic E-state index is 12.0. The van der Waals surface area contributed by atoms with Crippen molar-refractivity contribution in [3.8, 4) is 5.75 Å². The van der Waals surface area contributed by atoms with Crippen LogP contribution in [0.25, 0.3) is 0 Å². The van der Waals surface area contributed by atoms with Crippen LogP contribution in [0.3, 0.4) is 0 Å². The Morgan fingerprint density at radius 3 is 2.12 bits per heavy atom. The van der Waals surface area contributed by atoms with Gasteiger partial charge >= 0.3 is 12.5 Å². The number of alkyl halides is 6. The summed E-state index contributed by atoms with van der Waals surface area (Å²) in [5.74, 6) is -3.11. The standard InChI is InChI=1S/C9H4F6O2/c10-8(11,12)7(16)5-2-1-3-6(4-5)17-9(13,14)15/h1-4H. The lowest BCUT2D eigenvalue weighted by Gasteiger charge is -2.10. The van der Waals surface area contributed by atoms with Crippen molar-refractivity contribution in [2.75, 3.05) is 0 Å². The minimum atomic E-state index is -5.14. The van der Waals surface area contributed by atoms with Crippen LogP contribution in [0.4, 0.5) is 26.3 Å². The summed E-state index contributed by atoms with van der Waals surface area (Å²) in [5.41, 5.74) is -0.917. The summed E-state index contributed by atoms with van der Waals surface area (Å²) in [6, 6.07) is 2.78. The van der Waals surface area contributed by atoms with Crippen LogP contribution in [0.5, 0.6) is 5.75 Å². The van der Waals surface area contributed by atoms with E-state index in [2.05, 4.69) is 4.74 Å². The van der Waals surface area contributed by atoms with Crippen molar-refractivity contribution >= 4 is 5.78 Å². The molecular weight excluding hydrogens is 254 g/mol. The molecule has 0 saturated heterocycles. The molecule has 0 aromatic heterocycles. The summed E-state index contributed by atoms with van der Waals surface area (Å²) in [7, 11) is 0. The number of benzene rings is 1. The lowest BCUT2D eigenvalue weighted by molar-refractivity contribution is -0.274. The van der Waals surface area contributed by atoms with E-state index in [1.807, 2.05) is 0 Å². The molecule has 0 N–H and O–H groups in total. The third-order valence-electron chi connectivity index (χ3n) is 1.59. The summed E-state index contributed by atoms with van der Waals surface area (Å²) in [4.78, 5) is 10.7. The van der Waals surface area contributed by atoms with Gasteiger partial charge in [0.1, 0.15) is 5.75 Å². The number of hydrogen-bond donors (Lipinski definition) is 0. The second-order valence-corrected chi connectivity index (χ2v) is 2.90. The zero-order chi connectivity index (χ0) is 13.3. The van der Waals surface area contributed by atoms with E-state index in [4.69, 9.17) is 0 Å². The van der Waals surface area contributed by atoms with Gasteiger partial charge in [-0.2, -0.15) is 13.2 Å². The largest absolute Gasteiger partial charge is 0.573 e. The molecule has 94 valence electrons. The van der Waals surface area contributed by atoms with E-state index >= 15 is 0 Å². The molecule has 0 fully saturated rings. The summed E-state index contributed by atoms with van der Waals surface area (Å²) in [6.07, 6.45) is -10.2. The first kappa shape index (κ1) is 13.3. The molecule has 0 radical (unpaired) electrons. The molecular formula is C9H4F6O2. The van der Waals surface area contributed by atoms with Gasteiger partial charge in [-0.15, -0.1) is 13.2 Å². The van der Waals surface area contributed by atoms with E-state index in [-0.39, 0.29) is 0 Å². The van der Waals surface area contributed by atoms with Crippen molar-refractivity contribution in [1.82, 2.24) is 0 Å². The minimum Gasteiger partial charge on any atom is -0.406 e. The smallest absolute Gasteiger partial charge is 0.406 e. The molecule has 0 atom stereocenters. The van der Waals surface area contributed by atoms with Crippen LogP contribution in [-0.2, 0) is 0 Å². The molecule has 0 amide bonds. The molecule has 0 unspecified atom stereocenters. The predicted octanol–water partition coefficient (Wildman–Crippen LogP) is 3.33. The fraction of sp³-hybridized carbons (Fsp3) is 0.222. The molecule has 1 aromatic rings. The third-order valence-corrected chi connectivity index (χ3v) is 1.59. The second kappa shape index (κ2) is 4.27.